The van der Waals surface area contributed by atoms with Crippen LogP contribution in [-0.2, 0) is 6.42 Å². The van der Waals surface area contributed by atoms with Gasteiger partial charge in [0.25, 0.3) is 5.91 Å². The molecule has 112 valence electrons. The van der Waals surface area contributed by atoms with Crippen molar-refractivity contribution in [3.63, 3.8) is 0 Å². The number of aromatic amines is 1. The Morgan fingerprint density at radius 3 is 2.95 bits per heavy atom. The second-order valence-electron chi connectivity index (χ2n) is 4.96. The second-order valence-corrected chi connectivity index (χ2v) is 4.96. The number of benzene rings is 1. The molecule has 0 atom stereocenters. The summed E-state index contributed by atoms with van der Waals surface area (Å²) in [5.74, 6) is 0.653. The minimum atomic E-state index is -0.119. The van der Waals surface area contributed by atoms with Gasteiger partial charge >= 0.3 is 0 Å². The van der Waals surface area contributed by atoms with Crippen LogP contribution < -0.4 is 10.1 Å². The monoisotopic (exact) mass is 295 g/mol. The third-order valence-electron chi connectivity index (χ3n) is 3.47. The average molecular weight is 295 g/mol. The maximum Gasteiger partial charge on any atom is 0.267 e. The third kappa shape index (κ3) is 3.09. The molecule has 2 heterocycles. The number of rotatable bonds is 5. The van der Waals surface area contributed by atoms with Crippen molar-refractivity contribution in [2.24, 2.45) is 0 Å². The van der Waals surface area contributed by atoms with E-state index in [1.165, 1.54) is 0 Å². The molecule has 0 radical (unpaired) electrons. The summed E-state index contributed by atoms with van der Waals surface area (Å²) >= 11 is 0. The van der Waals surface area contributed by atoms with E-state index in [-0.39, 0.29) is 5.91 Å². The minimum absolute atomic E-state index is 0.119. The van der Waals surface area contributed by atoms with Crippen LogP contribution in [0.3, 0.4) is 0 Å². The Bertz CT molecular complexity index is 781. The molecule has 0 aliphatic carbocycles. The molecule has 3 rings (SSSR count). The van der Waals surface area contributed by atoms with Crippen LogP contribution >= 0.6 is 0 Å². The number of hydrogen-bond acceptors (Lipinski definition) is 3. The largest absolute Gasteiger partial charge is 0.497 e. The number of hydrogen-bond donors (Lipinski definition) is 2. The first-order valence-corrected chi connectivity index (χ1v) is 7.11. The number of carbonyl (C=O) groups excluding carboxylic acids is 1. The SMILES string of the molecule is COc1ccc2[nH]c(C(=O)NCCc3ccccn3)cc2c1. The van der Waals surface area contributed by atoms with Crippen LogP contribution in [0.2, 0.25) is 0 Å². The van der Waals surface area contributed by atoms with Gasteiger partial charge in [-0.25, -0.2) is 0 Å². The topological polar surface area (TPSA) is 67.0 Å². The van der Waals surface area contributed by atoms with E-state index in [4.69, 9.17) is 4.74 Å². The summed E-state index contributed by atoms with van der Waals surface area (Å²) in [6, 6.07) is 13.3. The first-order chi connectivity index (χ1) is 10.8. The van der Waals surface area contributed by atoms with Crippen molar-refractivity contribution < 1.29 is 9.53 Å². The summed E-state index contributed by atoms with van der Waals surface area (Å²) in [6.45, 7) is 0.550. The molecule has 1 aromatic carbocycles. The highest BCUT2D eigenvalue weighted by atomic mass is 16.5. The summed E-state index contributed by atoms with van der Waals surface area (Å²) in [5, 5.41) is 3.85. The lowest BCUT2D eigenvalue weighted by atomic mass is 10.2. The molecule has 0 unspecified atom stereocenters. The van der Waals surface area contributed by atoms with Gasteiger partial charge in [0.1, 0.15) is 11.4 Å². The van der Waals surface area contributed by atoms with Crippen LogP contribution in [0.4, 0.5) is 0 Å². The molecule has 22 heavy (non-hydrogen) atoms. The molecule has 0 fully saturated rings. The van der Waals surface area contributed by atoms with Crippen molar-refractivity contribution in [1.82, 2.24) is 15.3 Å². The van der Waals surface area contributed by atoms with Gasteiger partial charge in [0.05, 0.1) is 7.11 Å². The molecule has 0 spiro atoms. The molecule has 2 N–H and O–H groups in total. The molecule has 2 aromatic heterocycles. The second kappa shape index (κ2) is 6.30. The van der Waals surface area contributed by atoms with Crippen molar-refractivity contribution >= 4 is 16.8 Å². The van der Waals surface area contributed by atoms with Gasteiger partial charge in [-0.2, -0.15) is 0 Å². The fourth-order valence-electron chi connectivity index (χ4n) is 2.31. The smallest absolute Gasteiger partial charge is 0.267 e. The molecule has 0 aliphatic rings. The van der Waals surface area contributed by atoms with Crippen molar-refractivity contribution in [3.8, 4) is 5.75 Å². The number of fused-ring (bicyclic) bond motifs is 1. The van der Waals surface area contributed by atoms with Crippen molar-refractivity contribution in [2.45, 2.75) is 6.42 Å². The number of carbonyl (C=O) groups is 1. The number of methoxy groups -OCH3 is 1. The van der Waals surface area contributed by atoms with Crippen molar-refractivity contribution in [1.29, 1.82) is 0 Å². The van der Waals surface area contributed by atoms with Crippen molar-refractivity contribution in [2.75, 3.05) is 13.7 Å². The molecule has 5 nitrogen and oxygen atoms in total. The Morgan fingerprint density at radius 2 is 2.18 bits per heavy atom. The van der Waals surface area contributed by atoms with Crippen LogP contribution in [0.25, 0.3) is 10.9 Å². The lowest BCUT2D eigenvalue weighted by molar-refractivity contribution is 0.0950. The zero-order valence-electron chi connectivity index (χ0n) is 12.3. The highest BCUT2D eigenvalue weighted by Gasteiger charge is 2.09. The summed E-state index contributed by atoms with van der Waals surface area (Å²) in [5.41, 5.74) is 2.42. The molecule has 1 amide bonds. The zero-order chi connectivity index (χ0) is 15.4. The van der Waals surface area contributed by atoms with Gasteiger partial charge in [-0.05, 0) is 36.4 Å². The fourth-order valence-corrected chi connectivity index (χ4v) is 2.31. The van der Waals surface area contributed by atoms with E-state index in [1.807, 2.05) is 42.5 Å². The van der Waals surface area contributed by atoms with Crippen LogP contribution in [0.1, 0.15) is 16.2 Å². The van der Waals surface area contributed by atoms with E-state index < -0.39 is 0 Å². The normalized spacial score (nSPS) is 10.6. The predicted octanol–water partition coefficient (Wildman–Crippen LogP) is 2.54. The van der Waals surface area contributed by atoms with Gasteiger partial charge in [0.15, 0.2) is 0 Å². The fraction of sp³-hybridized carbons (Fsp3) is 0.176. The van der Waals surface area contributed by atoms with Gasteiger partial charge in [0, 0.05) is 35.8 Å². The Hall–Kier alpha value is -2.82. The molecule has 0 aliphatic heterocycles. The van der Waals surface area contributed by atoms with E-state index in [2.05, 4.69) is 15.3 Å². The summed E-state index contributed by atoms with van der Waals surface area (Å²) in [7, 11) is 1.62. The van der Waals surface area contributed by atoms with E-state index in [1.54, 1.807) is 13.3 Å². The van der Waals surface area contributed by atoms with E-state index in [9.17, 15) is 4.79 Å². The number of pyridine rings is 1. The number of nitrogens with one attached hydrogen (secondary N) is 2. The highest BCUT2D eigenvalue weighted by Crippen LogP contribution is 2.21. The number of amides is 1. The first-order valence-electron chi connectivity index (χ1n) is 7.11. The maximum absolute atomic E-state index is 12.2. The van der Waals surface area contributed by atoms with Crippen molar-refractivity contribution in [3.05, 3.63) is 60.0 Å². The highest BCUT2D eigenvalue weighted by molar-refractivity contribution is 5.98. The minimum Gasteiger partial charge on any atom is -0.497 e. The third-order valence-corrected chi connectivity index (χ3v) is 3.47. The quantitative estimate of drug-likeness (QED) is 0.760. The lowest BCUT2D eigenvalue weighted by Gasteiger charge is -2.03. The summed E-state index contributed by atoms with van der Waals surface area (Å²) < 4.78 is 5.18. The van der Waals surface area contributed by atoms with E-state index in [0.717, 1.165) is 22.3 Å². The van der Waals surface area contributed by atoms with Gasteiger partial charge < -0.3 is 15.0 Å². The molecule has 0 bridgehead atoms. The summed E-state index contributed by atoms with van der Waals surface area (Å²) in [6.07, 6.45) is 2.46. The molecule has 3 aromatic rings. The number of nitrogens with zero attached hydrogens (tertiary/aromatic N) is 1. The molecule has 0 saturated carbocycles. The van der Waals surface area contributed by atoms with Gasteiger partial charge in [-0.15, -0.1) is 0 Å². The van der Waals surface area contributed by atoms with Crippen LogP contribution in [0.5, 0.6) is 5.75 Å². The zero-order valence-corrected chi connectivity index (χ0v) is 12.3. The first kappa shape index (κ1) is 14.1. The molecule has 5 heteroatoms. The molecular formula is C17H17N3O2. The number of ether oxygens (including phenoxy) is 1. The molecule has 0 saturated heterocycles. The van der Waals surface area contributed by atoms with Crippen LogP contribution in [0, 0.1) is 0 Å². The Balaban J connectivity index is 1.64. The Morgan fingerprint density at radius 1 is 1.27 bits per heavy atom. The maximum atomic E-state index is 12.2. The standard InChI is InChI=1S/C17H17N3O2/c1-22-14-5-6-15-12(10-14)11-16(20-15)17(21)19-9-7-13-4-2-3-8-18-13/h2-6,8,10-11,20H,7,9H2,1H3,(H,19,21). The number of H-pyrrole nitrogens is 1. The van der Waals surface area contributed by atoms with Crippen LogP contribution in [-0.4, -0.2) is 29.5 Å². The predicted molar refractivity (Wildman–Crippen MR) is 85.1 cm³/mol. The Kier molecular flexibility index (Phi) is 4.05. The summed E-state index contributed by atoms with van der Waals surface area (Å²) in [4.78, 5) is 19.5. The Labute approximate surface area is 128 Å². The average Bonchev–Trinajstić information content (AvgIpc) is 2.99. The van der Waals surface area contributed by atoms with E-state index in [0.29, 0.717) is 18.7 Å². The van der Waals surface area contributed by atoms with Gasteiger partial charge in [0.2, 0.25) is 0 Å². The number of aromatic nitrogens is 2. The molecular weight excluding hydrogens is 278 g/mol. The van der Waals surface area contributed by atoms with E-state index >= 15 is 0 Å². The van der Waals surface area contributed by atoms with Gasteiger partial charge in [-0.1, -0.05) is 6.07 Å². The van der Waals surface area contributed by atoms with Gasteiger partial charge in [-0.3, -0.25) is 9.78 Å². The lowest BCUT2D eigenvalue weighted by Crippen LogP contribution is -2.26. The van der Waals surface area contributed by atoms with Crippen LogP contribution in [0.15, 0.2) is 48.7 Å².